The highest BCUT2D eigenvalue weighted by atomic mass is 16.5. The highest BCUT2D eigenvalue weighted by Gasteiger charge is 2.34. The smallest absolute Gasteiger partial charge is 0.277 e. The molecule has 1 saturated heterocycles. The number of hydrogen-bond acceptors (Lipinski definition) is 5. The van der Waals surface area contributed by atoms with Crippen LogP contribution in [0.15, 0.2) is 48.3 Å². The van der Waals surface area contributed by atoms with E-state index in [9.17, 15) is 14.4 Å². The molecule has 0 aliphatic carbocycles. The highest BCUT2D eigenvalue weighted by Crippen LogP contribution is 2.31. The fraction of sp³-hybridized carbons (Fsp3) is 0.280. The summed E-state index contributed by atoms with van der Waals surface area (Å²) in [4.78, 5) is 40.6. The lowest BCUT2D eigenvalue weighted by Gasteiger charge is -2.29. The predicted molar refractivity (Wildman–Crippen MR) is 127 cm³/mol. The lowest BCUT2D eigenvalue weighted by Crippen LogP contribution is -2.39. The van der Waals surface area contributed by atoms with Crippen molar-refractivity contribution in [2.45, 2.75) is 25.7 Å². The SMILES string of the molecule is [2H]c1c([2H])c(-n2nc(C(N)=O)c3c2C(=O)N(c2c([2H])c([2H])c(N4C(=O)CCCC4([2H])[2H])c([2H])c2[2H])CC3)c([2H])c([2H])c1OC. The van der Waals surface area contributed by atoms with Crippen molar-refractivity contribution < 1.29 is 32.8 Å². The number of fused-ring (bicyclic) bond motifs is 1. The minimum absolute atomic E-state index is 0.0189. The van der Waals surface area contributed by atoms with Gasteiger partial charge in [0.2, 0.25) is 5.91 Å². The van der Waals surface area contributed by atoms with Crippen LogP contribution in [0.3, 0.4) is 0 Å². The van der Waals surface area contributed by atoms with Crippen molar-refractivity contribution in [2.75, 3.05) is 30.0 Å². The molecule has 174 valence electrons. The van der Waals surface area contributed by atoms with Gasteiger partial charge in [0.1, 0.15) is 11.4 Å². The van der Waals surface area contributed by atoms with Crippen molar-refractivity contribution in [1.29, 1.82) is 0 Å². The summed E-state index contributed by atoms with van der Waals surface area (Å²) in [6, 6.07) is -5.44. The zero-order chi connectivity index (χ0) is 32.6. The van der Waals surface area contributed by atoms with Crippen LogP contribution in [-0.2, 0) is 11.2 Å². The van der Waals surface area contributed by atoms with Crippen LogP contribution in [-0.4, -0.2) is 47.7 Å². The number of benzene rings is 2. The monoisotopic (exact) mass is 469 g/mol. The van der Waals surface area contributed by atoms with Gasteiger partial charge in [0.25, 0.3) is 11.8 Å². The first-order chi connectivity index (χ1) is 20.6. The van der Waals surface area contributed by atoms with Crippen molar-refractivity contribution in [2.24, 2.45) is 5.73 Å². The van der Waals surface area contributed by atoms with E-state index in [1.54, 1.807) is 0 Å². The van der Waals surface area contributed by atoms with Gasteiger partial charge in [-0.2, -0.15) is 5.10 Å². The number of primary amides is 1. The summed E-state index contributed by atoms with van der Waals surface area (Å²) >= 11 is 0. The Morgan fingerprint density at radius 3 is 2.26 bits per heavy atom. The molecule has 3 aromatic rings. The van der Waals surface area contributed by atoms with Crippen LogP contribution in [0.25, 0.3) is 5.69 Å². The van der Waals surface area contributed by atoms with Crippen LogP contribution >= 0.6 is 0 Å². The summed E-state index contributed by atoms with van der Waals surface area (Å²) < 4.78 is 90.3. The molecule has 2 aliphatic heterocycles. The molecular weight excluding hydrogens is 434 g/mol. The Morgan fingerprint density at radius 2 is 1.65 bits per heavy atom. The Balaban J connectivity index is 1.72. The summed E-state index contributed by atoms with van der Waals surface area (Å²) in [5.74, 6) is -3.13. The molecule has 34 heavy (non-hydrogen) atoms. The summed E-state index contributed by atoms with van der Waals surface area (Å²) in [6.45, 7) is -2.54. The number of carbonyl (C=O) groups excluding carboxylic acids is 3. The number of hydrogen-bond donors (Lipinski definition) is 1. The van der Waals surface area contributed by atoms with Crippen LogP contribution in [0.4, 0.5) is 11.4 Å². The third kappa shape index (κ3) is 3.68. The number of amides is 3. The van der Waals surface area contributed by atoms with E-state index in [1.165, 1.54) is 0 Å². The molecule has 2 aromatic carbocycles. The molecule has 2 N–H and O–H groups in total. The second-order valence-electron chi connectivity index (χ2n) is 7.48. The van der Waals surface area contributed by atoms with Crippen LogP contribution < -0.4 is 20.3 Å². The first kappa shape index (κ1) is 12.9. The standard InChI is InChI=1S/C25H25N5O4/c1-34-19-11-9-18(10-12-19)30-23-20(22(27-30)24(26)32)13-15-29(25(23)33)17-7-5-16(6-8-17)28-14-3-2-4-21(28)31/h5-12H,2-4,13-15H2,1H3,(H2,26,32)/i5D,6D,7D,8D,9D,10D,11D,12D,14D2. The van der Waals surface area contributed by atoms with E-state index in [0.717, 1.165) is 16.7 Å². The van der Waals surface area contributed by atoms with Crippen molar-refractivity contribution >= 4 is 29.1 Å². The van der Waals surface area contributed by atoms with Crippen LogP contribution in [0.2, 0.25) is 0 Å². The number of piperidine rings is 1. The fourth-order valence-corrected chi connectivity index (χ4v) is 3.82. The van der Waals surface area contributed by atoms with E-state index in [4.69, 9.17) is 24.2 Å². The number of anilines is 2. The molecule has 3 heterocycles. The molecule has 1 aromatic heterocycles. The first-order valence-corrected chi connectivity index (χ1v) is 10.4. The maximum absolute atomic E-state index is 14.1. The zero-order valence-electron chi connectivity index (χ0n) is 28.0. The number of nitrogens with two attached hydrogens (primary N) is 1. The molecule has 0 saturated carbocycles. The van der Waals surface area contributed by atoms with Crippen molar-refractivity contribution in [3.63, 3.8) is 0 Å². The molecule has 2 aliphatic rings. The van der Waals surface area contributed by atoms with Gasteiger partial charge in [0.15, 0.2) is 5.69 Å². The van der Waals surface area contributed by atoms with Gasteiger partial charge in [-0.05, 0) is 67.6 Å². The van der Waals surface area contributed by atoms with Crippen LogP contribution in [0.5, 0.6) is 5.75 Å². The summed E-state index contributed by atoms with van der Waals surface area (Å²) in [5, 5.41) is 4.07. The molecule has 3 amide bonds. The Morgan fingerprint density at radius 1 is 1.00 bits per heavy atom. The van der Waals surface area contributed by atoms with E-state index in [2.05, 4.69) is 5.10 Å². The zero-order valence-corrected chi connectivity index (χ0v) is 18.0. The van der Waals surface area contributed by atoms with Crippen molar-refractivity contribution in [3.8, 4) is 11.4 Å². The molecule has 0 unspecified atom stereocenters. The molecule has 9 heteroatoms. The van der Waals surface area contributed by atoms with Gasteiger partial charge in [-0.25, -0.2) is 4.68 Å². The van der Waals surface area contributed by atoms with Gasteiger partial charge in [-0.1, -0.05) is 0 Å². The fourth-order valence-electron chi connectivity index (χ4n) is 3.82. The van der Waals surface area contributed by atoms with Gasteiger partial charge in [0, 0.05) is 39.1 Å². The van der Waals surface area contributed by atoms with E-state index in [-0.39, 0.29) is 49.2 Å². The number of ether oxygens (including phenoxy) is 1. The van der Waals surface area contributed by atoms with Gasteiger partial charge in [-0.3, -0.25) is 14.4 Å². The minimum Gasteiger partial charge on any atom is -0.497 e. The molecule has 9 nitrogen and oxygen atoms in total. The lowest BCUT2D eigenvalue weighted by molar-refractivity contribution is -0.119. The number of carbonyl (C=O) groups is 3. The third-order valence-corrected chi connectivity index (χ3v) is 5.43. The second-order valence-corrected chi connectivity index (χ2v) is 7.48. The van der Waals surface area contributed by atoms with Crippen molar-refractivity contribution in [1.82, 2.24) is 9.78 Å². The lowest BCUT2D eigenvalue weighted by atomic mass is 10.0. The first-order valence-electron chi connectivity index (χ1n) is 15.4. The number of nitrogens with zero attached hydrogens (tertiary/aromatic N) is 4. The maximum Gasteiger partial charge on any atom is 0.277 e. The molecule has 5 rings (SSSR count). The van der Waals surface area contributed by atoms with Gasteiger partial charge < -0.3 is 20.3 Å². The Kier molecular flexibility index (Phi) is 3.29. The van der Waals surface area contributed by atoms with E-state index >= 15 is 0 Å². The number of aromatic nitrogens is 2. The highest BCUT2D eigenvalue weighted by molar-refractivity contribution is 6.09. The van der Waals surface area contributed by atoms with Gasteiger partial charge >= 0.3 is 0 Å². The van der Waals surface area contributed by atoms with Crippen molar-refractivity contribution in [3.05, 3.63) is 65.3 Å². The number of methoxy groups -OCH3 is 1. The molecule has 0 atom stereocenters. The minimum atomic E-state index is -2.28. The summed E-state index contributed by atoms with van der Waals surface area (Å²) in [6.07, 6.45) is -0.0271. The molecule has 1 fully saturated rings. The molecule has 0 radical (unpaired) electrons. The van der Waals surface area contributed by atoms with E-state index < -0.39 is 95.3 Å². The normalized spacial score (nSPS) is 21.6. The second kappa shape index (κ2) is 8.66. The van der Waals surface area contributed by atoms with E-state index in [0.29, 0.717) is 4.90 Å². The third-order valence-electron chi connectivity index (χ3n) is 5.43. The van der Waals surface area contributed by atoms with Gasteiger partial charge in [0.05, 0.1) is 23.8 Å². The Bertz CT molecular complexity index is 1740. The summed E-state index contributed by atoms with van der Waals surface area (Å²) in [7, 11) is 1.16. The maximum atomic E-state index is 14.1. The largest absolute Gasteiger partial charge is 0.497 e. The average Bonchev–Trinajstić information content (AvgIpc) is 3.34. The Hall–Kier alpha value is -4.14. The quantitative estimate of drug-likeness (QED) is 0.618. The van der Waals surface area contributed by atoms with Crippen LogP contribution in [0.1, 0.15) is 59.5 Å². The van der Waals surface area contributed by atoms with E-state index in [1.807, 2.05) is 0 Å². The average molecular weight is 470 g/mol. The molecule has 0 bridgehead atoms. The predicted octanol–water partition coefficient (Wildman–Crippen LogP) is 2.70. The topological polar surface area (TPSA) is 111 Å². The number of rotatable bonds is 5. The summed E-state index contributed by atoms with van der Waals surface area (Å²) in [5.41, 5.74) is 3.20. The molecule has 0 spiro atoms. The molecular formula is C25H25N5O4. The van der Waals surface area contributed by atoms with Crippen LogP contribution in [0, 0.1) is 0 Å². The Labute approximate surface area is 210 Å². The van der Waals surface area contributed by atoms with Gasteiger partial charge in [-0.15, -0.1) is 0 Å².